The predicted molar refractivity (Wildman–Crippen MR) is 113 cm³/mol. The zero-order valence-electron chi connectivity index (χ0n) is 16.7. The Balaban J connectivity index is 1.45. The summed E-state index contributed by atoms with van der Waals surface area (Å²) in [6, 6.07) is 13.2. The molecule has 0 spiro atoms. The van der Waals surface area contributed by atoms with E-state index in [4.69, 9.17) is 4.74 Å². The summed E-state index contributed by atoms with van der Waals surface area (Å²) in [5, 5.41) is 0. The molecule has 1 fully saturated rings. The van der Waals surface area contributed by atoms with Crippen LogP contribution in [0.25, 0.3) is 0 Å². The highest BCUT2D eigenvalue weighted by atomic mass is 32.2. The number of nitrogens with zero attached hydrogens (tertiary/aromatic N) is 3. The van der Waals surface area contributed by atoms with Crippen molar-refractivity contribution in [1.82, 2.24) is 4.90 Å². The van der Waals surface area contributed by atoms with E-state index < -0.39 is 16.1 Å². The van der Waals surface area contributed by atoms with Crippen molar-refractivity contribution in [2.24, 2.45) is 0 Å². The van der Waals surface area contributed by atoms with Gasteiger partial charge in [-0.2, -0.15) is 0 Å². The number of anilines is 2. The molecule has 0 aliphatic carbocycles. The van der Waals surface area contributed by atoms with Crippen LogP contribution >= 0.6 is 0 Å². The minimum Gasteiger partial charge on any atom is -0.478 e. The third-order valence-corrected chi connectivity index (χ3v) is 6.64. The zero-order chi connectivity index (χ0) is 21.3. The minimum atomic E-state index is -3.48. The topological polar surface area (TPSA) is 70.2 Å². The number of piperazine rings is 1. The van der Waals surface area contributed by atoms with E-state index in [-0.39, 0.29) is 24.7 Å². The van der Waals surface area contributed by atoms with Gasteiger partial charge in [-0.05, 0) is 36.4 Å². The lowest BCUT2D eigenvalue weighted by molar-refractivity contribution is -0.139. The van der Waals surface area contributed by atoms with E-state index in [1.54, 1.807) is 41.3 Å². The fourth-order valence-electron chi connectivity index (χ4n) is 3.89. The molecule has 160 valence electrons. The van der Waals surface area contributed by atoms with Gasteiger partial charge >= 0.3 is 0 Å². The van der Waals surface area contributed by atoms with Crippen LogP contribution in [0.5, 0.6) is 5.75 Å². The highest BCUT2D eigenvalue weighted by molar-refractivity contribution is 7.92. The first-order valence-corrected chi connectivity index (χ1v) is 11.7. The second kappa shape index (κ2) is 8.14. The molecule has 2 aromatic rings. The molecule has 2 heterocycles. The summed E-state index contributed by atoms with van der Waals surface area (Å²) in [6.07, 6.45) is 0.689. The molecule has 0 N–H and O–H groups in total. The quantitative estimate of drug-likeness (QED) is 0.742. The molecular formula is C21H24FN3O4S. The van der Waals surface area contributed by atoms with E-state index in [1.165, 1.54) is 16.4 Å². The van der Waals surface area contributed by atoms with Crippen LogP contribution in [0.3, 0.4) is 0 Å². The molecule has 0 aromatic heterocycles. The summed E-state index contributed by atoms with van der Waals surface area (Å²) < 4.78 is 44.8. The molecule has 7 nitrogen and oxygen atoms in total. The normalized spacial score (nSPS) is 19.7. The first-order valence-electron chi connectivity index (χ1n) is 9.85. The molecule has 0 saturated carbocycles. The van der Waals surface area contributed by atoms with Crippen molar-refractivity contribution in [3.63, 3.8) is 0 Å². The number of carbonyl (C=O) groups is 1. The van der Waals surface area contributed by atoms with E-state index in [0.717, 1.165) is 11.9 Å². The Morgan fingerprint density at radius 2 is 1.67 bits per heavy atom. The van der Waals surface area contributed by atoms with E-state index in [9.17, 15) is 17.6 Å². The fraction of sp³-hybridized carbons (Fsp3) is 0.381. The summed E-state index contributed by atoms with van der Waals surface area (Å²) in [6.45, 7) is 2.50. The van der Waals surface area contributed by atoms with Gasteiger partial charge in [0.05, 0.1) is 11.9 Å². The van der Waals surface area contributed by atoms with Crippen molar-refractivity contribution in [1.29, 1.82) is 0 Å². The number of amides is 1. The molecular weight excluding hydrogens is 409 g/mol. The monoisotopic (exact) mass is 433 g/mol. The van der Waals surface area contributed by atoms with Gasteiger partial charge in [0.2, 0.25) is 10.0 Å². The molecule has 1 amide bonds. The Kier molecular flexibility index (Phi) is 5.55. The number of halogens is 1. The van der Waals surface area contributed by atoms with Crippen molar-refractivity contribution in [3.05, 3.63) is 54.3 Å². The average Bonchev–Trinajstić information content (AvgIpc) is 2.94. The Hall–Kier alpha value is -2.81. The number of fused-ring (bicyclic) bond motifs is 1. The summed E-state index contributed by atoms with van der Waals surface area (Å²) >= 11 is 0. The summed E-state index contributed by atoms with van der Waals surface area (Å²) in [7, 11) is -3.48. The van der Waals surface area contributed by atoms with Crippen molar-refractivity contribution < 1.29 is 22.3 Å². The largest absolute Gasteiger partial charge is 0.478 e. The number of ether oxygens (including phenoxy) is 1. The van der Waals surface area contributed by atoms with Crippen molar-refractivity contribution in [2.45, 2.75) is 12.5 Å². The van der Waals surface area contributed by atoms with Gasteiger partial charge < -0.3 is 14.5 Å². The number of hydrogen-bond acceptors (Lipinski definition) is 5. The second-order valence-electron chi connectivity index (χ2n) is 7.49. The Bertz CT molecular complexity index is 1020. The molecule has 30 heavy (non-hydrogen) atoms. The molecule has 0 unspecified atom stereocenters. The molecule has 1 atom stereocenters. The highest BCUT2D eigenvalue weighted by Crippen LogP contribution is 2.34. The maximum atomic E-state index is 13.1. The fourth-order valence-corrected chi connectivity index (χ4v) is 4.83. The molecule has 2 aliphatic rings. The number of carbonyl (C=O) groups excluding carboxylic acids is 1. The van der Waals surface area contributed by atoms with E-state index in [0.29, 0.717) is 37.6 Å². The van der Waals surface area contributed by atoms with Crippen LogP contribution in [0.1, 0.15) is 6.42 Å². The Morgan fingerprint density at radius 1 is 1.00 bits per heavy atom. The zero-order valence-corrected chi connectivity index (χ0v) is 17.5. The van der Waals surface area contributed by atoms with Crippen molar-refractivity contribution in [2.75, 3.05) is 48.2 Å². The van der Waals surface area contributed by atoms with Crippen LogP contribution in [0.2, 0.25) is 0 Å². The van der Waals surface area contributed by atoms with Crippen molar-refractivity contribution >= 4 is 27.3 Å². The summed E-state index contributed by atoms with van der Waals surface area (Å²) in [5.41, 5.74) is 1.38. The van der Waals surface area contributed by atoms with Gasteiger partial charge in [-0.15, -0.1) is 0 Å². The first kappa shape index (κ1) is 20.5. The van der Waals surface area contributed by atoms with Crippen LogP contribution in [0.15, 0.2) is 48.5 Å². The molecule has 9 heteroatoms. The molecule has 4 rings (SSSR count). The SMILES string of the molecule is CS(=O)(=O)N1CC[C@@H](C(=O)N2CCN(c3ccc(F)cc3)CC2)Oc2ccccc21. The minimum absolute atomic E-state index is 0.140. The van der Waals surface area contributed by atoms with Gasteiger partial charge in [0.25, 0.3) is 5.91 Å². The lowest BCUT2D eigenvalue weighted by Crippen LogP contribution is -2.52. The van der Waals surface area contributed by atoms with Gasteiger partial charge in [0.1, 0.15) is 11.6 Å². The Morgan fingerprint density at radius 3 is 2.33 bits per heavy atom. The van der Waals surface area contributed by atoms with E-state index >= 15 is 0 Å². The lowest BCUT2D eigenvalue weighted by Gasteiger charge is -2.37. The van der Waals surface area contributed by atoms with Gasteiger partial charge in [0.15, 0.2) is 6.10 Å². The molecule has 0 bridgehead atoms. The number of para-hydroxylation sites is 2. The summed E-state index contributed by atoms with van der Waals surface area (Å²) in [4.78, 5) is 17.0. The van der Waals surface area contributed by atoms with Crippen LogP contribution in [0, 0.1) is 5.82 Å². The maximum Gasteiger partial charge on any atom is 0.263 e. The second-order valence-corrected chi connectivity index (χ2v) is 9.39. The van der Waals surface area contributed by atoms with Crippen molar-refractivity contribution in [3.8, 4) is 5.75 Å². The van der Waals surface area contributed by atoms with E-state index in [2.05, 4.69) is 4.90 Å². The Labute approximate surface area is 175 Å². The first-order chi connectivity index (χ1) is 14.3. The number of sulfonamides is 1. The van der Waals surface area contributed by atoms with E-state index in [1.807, 2.05) is 0 Å². The highest BCUT2D eigenvalue weighted by Gasteiger charge is 2.34. The van der Waals surface area contributed by atoms with Crippen LogP contribution in [0.4, 0.5) is 15.8 Å². The summed E-state index contributed by atoms with van der Waals surface area (Å²) in [5.74, 6) is -0.0240. The number of hydrogen-bond donors (Lipinski definition) is 0. The van der Waals surface area contributed by atoms with Gasteiger partial charge in [-0.1, -0.05) is 12.1 Å². The van der Waals surface area contributed by atoms with Crippen LogP contribution in [-0.2, 0) is 14.8 Å². The number of rotatable bonds is 3. The average molecular weight is 434 g/mol. The molecule has 2 aliphatic heterocycles. The lowest BCUT2D eigenvalue weighted by atomic mass is 10.2. The van der Waals surface area contributed by atoms with Gasteiger partial charge in [-0.25, -0.2) is 12.8 Å². The third kappa shape index (κ3) is 4.21. The number of benzene rings is 2. The maximum absolute atomic E-state index is 13.1. The smallest absolute Gasteiger partial charge is 0.263 e. The third-order valence-electron chi connectivity index (χ3n) is 5.46. The van der Waals surface area contributed by atoms with Gasteiger partial charge in [-0.3, -0.25) is 9.10 Å². The van der Waals surface area contributed by atoms with Crippen LogP contribution < -0.4 is 13.9 Å². The predicted octanol–water partition coefficient (Wildman–Crippen LogP) is 2.09. The van der Waals surface area contributed by atoms with Crippen LogP contribution in [-0.4, -0.2) is 64.3 Å². The molecule has 0 radical (unpaired) electrons. The van der Waals surface area contributed by atoms with Gasteiger partial charge in [0, 0.05) is 44.8 Å². The standard InChI is InChI=1S/C21H24FN3O4S/c1-30(27,28)25-11-10-20(29-19-5-3-2-4-18(19)25)21(26)24-14-12-23(13-15-24)17-8-6-16(22)7-9-17/h2-9,20H,10-15H2,1H3/t20-/m0/s1. The molecule has 2 aromatic carbocycles. The molecule has 1 saturated heterocycles.